The molecule has 1 aromatic heterocycles. The van der Waals surface area contributed by atoms with E-state index in [0.29, 0.717) is 15.2 Å². The van der Waals surface area contributed by atoms with Crippen molar-refractivity contribution in [2.24, 2.45) is 0 Å². The molecule has 0 bridgehead atoms. The lowest BCUT2D eigenvalue weighted by molar-refractivity contribution is 0.0701. The van der Waals surface area contributed by atoms with E-state index >= 15 is 0 Å². The molecule has 0 unspecified atom stereocenters. The highest BCUT2D eigenvalue weighted by Crippen LogP contribution is 2.33. The third-order valence-electron chi connectivity index (χ3n) is 1.95. The Kier molecular flexibility index (Phi) is 3.28. The van der Waals surface area contributed by atoms with Crippen molar-refractivity contribution < 1.29 is 9.90 Å². The van der Waals surface area contributed by atoms with Gasteiger partial charge in [0.2, 0.25) is 0 Å². The van der Waals surface area contributed by atoms with Gasteiger partial charge in [-0.25, -0.2) is 4.79 Å². The summed E-state index contributed by atoms with van der Waals surface area (Å²) in [6, 6.07) is 7.08. The SMILES string of the molecule is O=C(O)c1snc(-c2ccc(Cl)cc2)c1Br. The Hall–Kier alpha value is -0.910. The summed E-state index contributed by atoms with van der Waals surface area (Å²) in [5.41, 5.74) is 1.46. The predicted molar refractivity (Wildman–Crippen MR) is 67.2 cm³/mol. The summed E-state index contributed by atoms with van der Waals surface area (Å²) in [5.74, 6) is -0.982. The lowest BCUT2D eigenvalue weighted by atomic mass is 10.1. The Bertz CT molecular complexity index is 538. The van der Waals surface area contributed by atoms with Crippen LogP contribution in [-0.2, 0) is 0 Å². The number of carboxylic acids is 1. The lowest BCUT2D eigenvalue weighted by Crippen LogP contribution is -1.92. The molecule has 1 aromatic carbocycles. The zero-order valence-electron chi connectivity index (χ0n) is 7.78. The Morgan fingerprint density at radius 3 is 2.50 bits per heavy atom. The summed E-state index contributed by atoms with van der Waals surface area (Å²) in [5, 5.41) is 9.52. The van der Waals surface area contributed by atoms with Gasteiger partial charge in [-0.1, -0.05) is 23.7 Å². The van der Waals surface area contributed by atoms with Crippen LogP contribution in [0.3, 0.4) is 0 Å². The van der Waals surface area contributed by atoms with Gasteiger partial charge in [0.15, 0.2) is 0 Å². The molecule has 6 heteroatoms. The number of carboxylic acid groups (broad SMARTS) is 1. The van der Waals surface area contributed by atoms with Crippen molar-refractivity contribution in [3.63, 3.8) is 0 Å². The van der Waals surface area contributed by atoms with E-state index in [1.807, 2.05) is 0 Å². The smallest absolute Gasteiger partial charge is 0.348 e. The normalized spacial score (nSPS) is 10.4. The summed E-state index contributed by atoms with van der Waals surface area (Å²) in [6.07, 6.45) is 0. The van der Waals surface area contributed by atoms with E-state index in [2.05, 4.69) is 20.3 Å². The first-order chi connectivity index (χ1) is 7.59. The van der Waals surface area contributed by atoms with Gasteiger partial charge in [0.1, 0.15) is 4.88 Å². The molecule has 0 saturated carbocycles. The van der Waals surface area contributed by atoms with Gasteiger partial charge in [-0.3, -0.25) is 0 Å². The molecular weight excluding hydrogens is 314 g/mol. The fraction of sp³-hybridized carbons (Fsp3) is 0. The maximum absolute atomic E-state index is 10.8. The van der Waals surface area contributed by atoms with Crippen molar-refractivity contribution in [1.29, 1.82) is 0 Å². The van der Waals surface area contributed by atoms with Crippen LogP contribution in [0.25, 0.3) is 11.3 Å². The minimum atomic E-state index is -0.982. The molecule has 3 nitrogen and oxygen atoms in total. The van der Waals surface area contributed by atoms with Crippen LogP contribution in [-0.4, -0.2) is 15.4 Å². The molecule has 0 aliphatic rings. The van der Waals surface area contributed by atoms with E-state index in [1.54, 1.807) is 24.3 Å². The van der Waals surface area contributed by atoms with Crippen LogP contribution >= 0.6 is 39.1 Å². The van der Waals surface area contributed by atoms with Gasteiger partial charge in [-0.15, -0.1) is 0 Å². The molecule has 0 atom stereocenters. The van der Waals surface area contributed by atoms with Gasteiger partial charge in [0, 0.05) is 10.6 Å². The molecular formula is C10H5BrClNO2S. The zero-order chi connectivity index (χ0) is 11.7. The molecule has 0 amide bonds. The largest absolute Gasteiger partial charge is 0.477 e. The van der Waals surface area contributed by atoms with Gasteiger partial charge in [-0.2, -0.15) is 4.37 Å². The topological polar surface area (TPSA) is 50.2 Å². The van der Waals surface area contributed by atoms with Crippen molar-refractivity contribution >= 4 is 45.0 Å². The number of halogens is 2. The maximum atomic E-state index is 10.8. The summed E-state index contributed by atoms with van der Waals surface area (Å²) in [6.45, 7) is 0. The highest BCUT2D eigenvalue weighted by Gasteiger charge is 2.17. The van der Waals surface area contributed by atoms with Crippen molar-refractivity contribution in [2.75, 3.05) is 0 Å². The van der Waals surface area contributed by atoms with Crippen molar-refractivity contribution in [2.45, 2.75) is 0 Å². The second-order valence-corrected chi connectivity index (χ2v) is 4.99. The highest BCUT2D eigenvalue weighted by atomic mass is 79.9. The Morgan fingerprint density at radius 1 is 1.38 bits per heavy atom. The van der Waals surface area contributed by atoms with Gasteiger partial charge < -0.3 is 5.11 Å². The third kappa shape index (κ3) is 2.11. The second-order valence-electron chi connectivity index (χ2n) is 2.99. The second kappa shape index (κ2) is 4.53. The van der Waals surface area contributed by atoms with Crippen LogP contribution in [0.5, 0.6) is 0 Å². The molecule has 2 aromatic rings. The monoisotopic (exact) mass is 317 g/mol. The third-order valence-corrected chi connectivity index (χ3v) is 4.07. The van der Waals surface area contributed by atoms with E-state index in [4.69, 9.17) is 16.7 Å². The average molecular weight is 319 g/mol. The van der Waals surface area contributed by atoms with Crippen LogP contribution in [0.2, 0.25) is 5.02 Å². The first-order valence-electron chi connectivity index (χ1n) is 4.24. The number of rotatable bonds is 2. The molecule has 2 rings (SSSR count). The predicted octanol–water partition coefficient (Wildman–Crippen LogP) is 3.92. The van der Waals surface area contributed by atoms with Crippen molar-refractivity contribution in [1.82, 2.24) is 4.37 Å². The number of benzene rings is 1. The molecule has 0 aliphatic carbocycles. The summed E-state index contributed by atoms with van der Waals surface area (Å²) in [4.78, 5) is 11.0. The molecule has 0 fully saturated rings. The average Bonchev–Trinajstić information content (AvgIpc) is 2.61. The summed E-state index contributed by atoms with van der Waals surface area (Å²) >= 11 is 9.97. The van der Waals surface area contributed by atoms with Gasteiger partial charge in [-0.05, 0) is 39.6 Å². The molecule has 1 N–H and O–H groups in total. The highest BCUT2D eigenvalue weighted by molar-refractivity contribution is 9.10. The minimum Gasteiger partial charge on any atom is -0.477 e. The first kappa shape index (κ1) is 11.6. The van der Waals surface area contributed by atoms with E-state index < -0.39 is 5.97 Å². The van der Waals surface area contributed by atoms with Crippen LogP contribution in [0.1, 0.15) is 9.67 Å². The van der Waals surface area contributed by atoms with E-state index in [9.17, 15) is 4.79 Å². The molecule has 0 radical (unpaired) electrons. The molecule has 16 heavy (non-hydrogen) atoms. The fourth-order valence-electron chi connectivity index (χ4n) is 1.20. The van der Waals surface area contributed by atoms with E-state index in [1.165, 1.54) is 0 Å². The molecule has 82 valence electrons. The van der Waals surface area contributed by atoms with E-state index in [0.717, 1.165) is 17.1 Å². The molecule has 0 aliphatic heterocycles. The zero-order valence-corrected chi connectivity index (χ0v) is 10.9. The van der Waals surface area contributed by atoms with Gasteiger partial charge in [0.25, 0.3) is 0 Å². The molecule has 0 saturated heterocycles. The minimum absolute atomic E-state index is 0.199. The number of nitrogens with zero attached hydrogens (tertiary/aromatic N) is 1. The number of aromatic nitrogens is 1. The number of carbonyl (C=O) groups is 1. The summed E-state index contributed by atoms with van der Waals surface area (Å²) in [7, 11) is 0. The first-order valence-corrected chi connectivity index (χ1v) is 6.18. The van der Waals surface area contributed by atoms with Crippen LogP contribution in [0.15, 0.2) is 28.7 Å². The number of hydrogen-bond acceptors (Lipinski definition) is 3. The van der Waals surface area contributed by atoms with Crippen LogP contribution in [0, 0.1) is 0 Å². The molecule has 1 heterocycles. The van der Waals surface area contributed by atoms with E-state index in [-0.39, 0.29) is 4.88 Å². The molecule has 0 spiro atoms. The number of hydrogen-bond donors (Lipinski definition) is 1. The standard InChI is InChI=1S/C10H5BrClNO2S/c11-7-8(13-16-9(7)10(14)15)5-1-3-6(12)4-2-5/h1-4H,(H,14,15). The lowest BCUT2D eigenvalue weighted by Gasteiger charge is -1.97. The fourth-order valence-corrected chi connectivity index (χ4v) is 2.78. The quantitative estimate of drug-likeness (QED) is 0.913. The van der Waals surface area contributed by atoms with Crippen LogP contribution < -0.4 is 0 Å². The van der Waals surface area contributed by atoms with Gasteiger partial charge >= 0.3 is 5.97 Å². The van der Waals surface area contributed by atoms with Gasteiger partial charge in [0.05, 0.1) is 10.2 Å². The Labute approximate surface area is 109 Å². The Balaban J connectivity index is 2.49. The summed E-state index contributed by atoms with van der Waals surface area (Å²) < 4.78 is 4.61. The van der Waals surface area contributed by atoms with Crippen molar-refractivity contribution in [3.8, 4) is 11.3 Å². The Morgan fingerprint density at radius 2 is 2.00 bits per heavy atom. The number of aromatic carboxylic acids is 1. The van der Waals surface area contributed by atoms with Crippen LogP contribution in [0.4, 0.5) is 0 Å². The maximum Gasteiger partial charge on any atom is 0.348 e. The van der Waals surface area contributed by atoms with Crippen molar-refractivity contribution in [3.05, 3.63) is 38.6 Å².